The zero-order valence-corrected chi connectivity index (χ0v) is 11.2. The Morgan fingerprint density at radius 1 is 1.52 bits per heavy atom. The Morgan fingerprint density at radius 3 is 2.67 bits per heavy atom. The quantitative estimate of drug-likeness (QED) is 0.792. The molecule has 1 aromatic heterocycles. The van der Waals surface area contributed by atoms with Crippen LogP contribution in [0.3, 0.4) is 0 Å². The van der Waals surface area contributed by atoms with E-state index in [-0.39, 0.29) is 13.5 Å². The summed E-state index contributed by atoms with van der Waals surface area (Å²) in [5.74, 6) is 0.839. The summed E-state index contributed by atoms with van der Waals surface area (Å²) in [6, 6.07) is 3.82. The topological polar surface area (TPSA) is 48.1 Å². The van der Waals surface area contributed by atoms with E-state index in [0.717, 1.165) is 36.9 Å². The van der Waals surface area contributed by atoms with Gasteiger partial charge in [-0.25, -0.2) is 0 Å². The fourth-order valence-electron chi connectivity index (χ4n) is 1.51. The Kier molecular flexibility index (Phi) is 7.73. The smallest absolute Gasteiger partial charge is 0.412 e. The Balaban J connectivity index is 0.000000373. The van der Waals surface area contributed by atoms with Gasteiger partial charge < -0.3 is 10.5 Å². The minimum atomic E-state index is -4.20. The number of halogens is 3. The van der Waals surface area contributed by atoms with E-state index in [2.05, 4.69) is 11.6 Å². The van der Waals surface area contributed by atoms with Crippen LogP contribution in [0.1, 0.15) is 32.5 Å². The van der Waals surface area contributed by atoms with E-state index in [9.17, 15) is 13.2 Å². The monoisotopic (exact) mass is 302 g/mol. The van der Waals surface area contributed by atoms with Gasteiger partial charge >= 0.3 is 6.18 Å². The molecule has 3 nitrogen and oxygen atoms in total. The van der Waals surface area contributed by atoms with Gasteiger partial charge in [0.1, 0.15) is 5.75 Å². The van der Waals surface area contributed by atoms with Crippen LogP contribution in [-0.2, 0) is 0 Å². The first kappa shape index (κ1) is 19.2. The lowest BCUT2D eigenvalue weighted by Gasteiger charge is -2.20. The summed E-state index contributed by atoms with van der Waals surface area (Å²) in [6.07, 6.45) is 0.453. The average molecular weight is 302 g/mol. The number of rotatable bonds is 1. The first-order valence-corrected chi connectivity index (χ1v) is 6.06. The molecule has 0 aliphatic carbocycles. The predicted octanol–water partition coefficient (Wildman–Crippen LogP) is 4.18. The number of aromatic nitrogens is 1. The normalized spacial score (nSPS) is 17.4. The van der Waals surface area contributed by atoms with E-state index >= 15 is 0 Å². The molecule has 0 saturated heterocycles. The highest BCUT2D eigenvalue weighted by Gasteiger charge is 2.28. The van der Waals surface area contributed by atoms with Crippen LogP contribution >= 0.6 is 0 Å². The molecule has 21 heavy (non-hydrogen) atoms. The number of hydrogen-bond donors (Lipinski definition) is 1. The van der Waals surface area contributed by atoms with Crippen LogP contribution in [0.25, 0.3) is 0 Å². The standard InChI is InChI=1S/C8H10N2O.C6H7F3.CH4/c9-6-3-5-11-7-2-1-4-10-8(6)7;1-3-4-5(2)6(7,8)9;/h1-2,4,6H,3,5,9H2;3-4H,1H2,2H3;1H4/b;5-4+;. The summed E-state index contributed by atoms with van der Waals surface area (Å²) in [4.78, 5) is 4.15. The van der Waals surface area contributed by atoms with Gasteiger partial charge in [0.15, 0.2) is 0 Å². The van der Waals surface area contributed by atoms with Gasteiger partial charge in [-0.3, -0.25) is 4.98 Å². The van der Waals surface area contributed by atoms with Gasteiger partial charge in [-0.2, -0.15) is 13.2 Å². The van der Waals surface area contributed by atoms with Gasteiger partial charge in [-0.1, -0.05) is 26.2 Å². The number of alkyl halides is 3. The maximum absolute atomic E-state index is 11.5. The summed E-state index contributed by atoms with van der Waals surface area (Å²) < 4.78 is 39.9. The molecule has 0 spiro atoms. The van der Waals surface area contributed by atoms with Crippen LogP contribution in [0.2, 0.25) is 0 Å². The number of pyridine rings is 1. The van der Waals surface area contributed by atoms with Crippen LogP contribution in [0.15, 0.2) is 42.6 Å². The average Bonchev–Trinajstić information content (AvgIpc) is 2.39. The summed E-state index contributed by atoms with van der Waals surface area (Å²) in [6.45, 7) is 4.85. The van der Waals surface area contributed by atoms with Crippen molar-refractivity contribution in [2.24, 2.45) is 5.73 Å². The molecule has 0 radical (unpaired) electrons. The molecule has 1 atom stereocenters. The zero-order chi connectivity index (χ0) is 15.2. The summed E-state index contributed by atoms with van der Waals surface area (Å²) >= 11 is 0. The molecule has 0 amide bonds. The molecule has 2 N–H and O–H groups in total. The van der Waals surface area contributed by atoms with E-state index in [4.69, 9.17) is 10.5 Å². The lowest BCUT2D eigenvalue weighted by atomic mass is 10.1. The van der Waals surface area contributed by atoms with Crippen molar-refractivity contribution in [3.63, 3.8) is 0 Å². The fourth-order valence-corrected chi connectivity index (χ4v) is 1.51. The van der Waals surface area contributed by atoms with Crippen molar-refractivity contribution in [2.75, 3.05) is 6.61 Å². The SMILES string of the molecule is C.C=C/C=C(\C)C(F)(F)F.NC1CCOc2cccnc21. The Labute approximate surface area is 123 Å². The highest BCUT2D eigenvalue weighted by Crippen LogP contribution is 2.27. The highest BCUT2D eigenvalue weighted by molar-refractivity contribution is 5.30. The van der Waals surface area contributed by atoms with Gasteiger partial charge in [0.25, 0.3) is 0 Å². The predicted molar refractivity (Wildman–Crippen MR) is 78.0 cm³/mol. The maximum Gasteiger partial charge on any atom is 0.412 e. The van der Waals surface area contributed by atoms with Crippen molar-refractivity contribution in [2.45, 2.75) is 33.0 Å². The van der Waals surface area contributed by atoms with Crippen LogP contribution in [-0.4, -0.2) is 17.8 Å². The van der Waals surface area contributed by atoms with Crippen LogP contribution < -0.4 is 10.5 Å². The molecule has 2 rings (SSSR count). The Morgan fingerprint density at radius 2 is 2.19 bits per heavy atom. The van der Waals surface area contributed by atoms with Gasteiger partial charge in [0.05, 0.1) is 18.3 Å². The van der Waals surface area contributed by atoms with E-state index in [1.54, 1.807) is 6.20 Å². The second-order valence-electron chi connectivity index (χ2n) is 4.21. The zero-order valence-electron chi connectivity index (χ0n) is 11.2. The van der Waals surface area contributed by atoms with Gasteiger partial charge in [0.2, 0.25) is 0 Å². The maximum atomic E-state index is 11.5. The number of hydrogen-bond acceptors (Lipinski definition) is 3. The van der Waals surface area contributed by atoms with Crippen molar-refractivity contribution >= 4 is 0 Å². The van der Waals surface area contributed by atoms with E-state index < -0.39 is 11.7 Å². The van der Waals surface area contributed by atoms with Crippen molar-refractivity contribution in [3.8, 4) is 5.75 Å². The molecule has 0 bridgehead atoms. The number of nitrogens with zero attached hydrogens (tertiary/aromatic N) is 1. The van der Waals surface area contributed by atoms with Crippen LogP contribution in [0, 0.1) is 0 Å². The summed E-state index contributed by atoms with van der Waals surface area (Å²) in [5.41, 5.74) is 6.06. The lowest BCUT2D eigenvalue weighted by molar-refractivity contribution is -0.0912. The molecule has 0 saturated carbocycles. The van der Waals surface area contributed by atoms with Gasteiger partial charge in [-0.05, 0) is 19.1 Å². The molecule has 1 aliphatic rings. The van der Waals surface area contributed by atoms with Gasteiger partial charge in [-0.15, -0.1) is 0 Å². The first-order chi connectivity index (χ1) is 9.36. The van der Waals surface area contributed by atoms with E-state index in [0.29, 0.717) is 6.61 Å². The molecule has 1 aliphatic heterocycles. The number of nitrogens with two attached hydrogens (primary N) is 1. The molecule has 0 fully saturated rings. The van der Waals surface area contributed by atoms with Crippen molar-refractivity contribution in [3.05, 3.63) is 48.3 Å². The minimum absolute atomic E-state index is 0. The van der Waals surface area contributed by atoms with E-state index in [1.165, 1.54) is 0 Å². The molecular formula is C15H21F3N2O. The second kappa shape index (κ2) is 8.46. The molecule has 0 aromatic carbocycles. The first-order valence-electron chi connectivity index (χ1n) is 6.06. The third kappa shape index (κ3) is 5.99. The number of allylic oxidation sites excluding steroid dienone is 3. The Hall–Kier alpha value is -1.82. The van der Waals surface area contributed by atoms with E-state index in [1.807, 2.05) is 12.1 Å². The van der Waals surface area contributed by atoms with Crippen molar-refractivity contribution in [1.29, 1.82) is 0 Å². The molecule has 118 valence electrons. The van der Waals surface area contributed by atoms with Gasteiger partial charge in [0, 0.05) is 18.2 Å². The largest absolute Gasteiger partial charge is 0.492 e. The molecule has 1 aromatic rings. The molecule has 2 heterocycles. The molecular weight excluding hydrogens is 281 g/mol. The third-order valence-corrected chi connectivity index (χ3v) is 2.65. The third-order valence-electron chi connectivity index (χ3n) is 2.65. The molecule has 6 heteroatoms. The highest BCUT2D eigenvalue weighted by atomic mass is 19.4. The minimum Gasteiger partial charge on any atom is -0.492 e. The summed E-state index contributed by atoms with van der Waals surface area (Å²) in [5, 5.41) is 0. The van der Waals surface area contributed by atoms with Crippen LogP contribution in [0.4, 0.5) is 13.2 Å². The molecule has 1 unspecified atom stereocenters. The van der Waals surface area contributed by atoms with Crippen molar-refractivity contribution in [1.82, 2.24) is 4.98 Å². The summed E-state index contributed by atoms with van der Waals surface area (Å²) in [7, 11) is 0. The van der Waals surface area contributed by atoms with Crippen LogP contribution in [0.5, 0.6) is 5.75 Å². The fraction of sp³-hybridized carbons (Fsp3) is 0.400. The lowest BCUT2D eigenvalue weighted by Crippen LogP contribution is -2.21. The number of fused-ring (bicyclic) bond motifs is 1. The number of ether oxygens (including phenoxy) is 1. The second-order valence-corrected chi connectivity index (χ2v) is 4.21. The Bertz CT molecular complexity index is 484. The van der Waals surface area contributed by atoms with Crippen molar-refractivity contribution < 1.29 is 17.9 Å².